The molecule has 0 spiro atoms. The van der Waals surface area contributed by atoms with Crippen molar-refractivity contribution in [2.75, 3.05) is 0 Å². The number of fused-ring (bicyclic) bond motifs is 1. The second-order valence-electron chi connectivity index (χ2n) is 3.93. The van der Waals surface area contributed by atoms with Gasteiger partial charge in [-0.2, -0.15) is 0 Å². The Morgan fingerprint density at radius 1 is 0.842 bits per heavy atom. The van der Waals surface area contributed by atoms with Gasteiger partial charge in [0.15, 0.2) is 10.7 Å². The van der Waals surface area contributed by atoms with Crippen molar-refractivity contribution in [3.63, 3.8) is 0 Å². The quantitative estimate of drug-likeness (QED) is 0.529. The van der Waals surface area contributed by atoms with Gasteiger partial charge < -0.3 is 4.42 Å². The summed E-state index contributed by atoms with van der Waals surface area (Å²) in [7, 11) is 0. The lowest BCUT2D eigenvalue weighted by Crippen LogP contribution is -1.69. The molecular weight excluding hydrogens is 323 g/mol. The van der Waals surface area contributed by atoms with Crippen LogP contribution in [0.4, 0.5) is 0 Å². The topological polar surface area (TPSA) is 13.1 Å². The molecule has 0 bridgehead atoms. The summed E-state index contributed by atoms with van der Waals surface area (Å²) in [6.45, 7) is 0. The van der Waals surface area contributed by atoms with E-state index < -0.39 is 0 Å². The molecule has 1 nitrogen and oxygen atoms in total. The Morgan fingerprint density at radius 2 is 1.58 bits per heavy atom. The van der Waals surface area contributed by atoms with E-state index in [1.807, 2.05) is 36.4 Å². The largest absolute Gasteiger partial charge is 0.448 e. The molecule has 3 rings (SSSR count). The Morgan fingerprint density at radius 3 is 2.32 bits per heavy atom. The number of halogens is 3. The molecule has 0 aliphatic carbocycles. The van der Waals surface area contributed by atoms with Gasteiger partial charge in [-0.05, 0) is 42.5 Å². The van der Waals surface area contributed by atoms with Crippen molar-refractivity contribution in [1.82, 2.24) is 0 Å². The van der Waals surface area contributed by atoms with E-state index in [0.29, 0.717) is 20.7 Å². The van der Waals surface area contributed by atoms with Crippen molar-refractivity contribution in [2.45, 2.75) is 9.99 Å². The number of hydrogen-bond acceptors (Lipinski definition) is 2. The predicted molar refractivity (Wildman–Crippen MR) is 81.8 cm³/mol. The van der Waals surface area contributed by atoms with E-state index >= 15 is 0 Å². The number of furan rings is 1. The summed E-state index contributed by atoms with van der Waals surface area (Å²) in [5, 5.41) is 3.49. The normalized spacial score (nSPS) is 11.1. The second kappa shape index (κ2) is 5.29. The van der Waals surface area contributed by atoms with Crippen molar-refractivity contribution in [1.29, 1.82) is 0 Å². The number of benzene rings is 2. The molecule has 2 aromatic carbocycles. The zero-order valence-corrected chi connectivity index (χ0v) is 12.6. The lowest BCUT2D eigenvalue weighted by molar-refractivity contribution is 0.515. The monoisotopic (exact) mass is 328 g/mol. The molecule has 96 valence electrons. The molecule has 0 aliphatic rings. The Balaban J connectivity index is 1.97. The first-order valence-corrected chi connectivity index (χ1v) is 7.39. The first kappa shape index (κ1) is 13.2. The lowest BCUT2D eigenvalue weighted by atomic mass is 10.3. The van der Waals surface area contributed by atoms with Gasteiger partial charge in [-0.25, -0.2) is 0 Å². The first-order valence-electron chi connectivity index (χ1n) is 5.44. The molecule has 0 saturated heterocycles. The van der Waals surface area contributed by atoms with Crippen LogP contribution in [0.3, 0.4) is 0 Å². The summed E-state index contributed by atoms with van der Waals surface area (Å²) in [6.07, 6.45) is 0. The minimum Gasteiger partial charge on any atom is -0.448 e. The Bertz CT molecular complexity index is 734. The second-order valence-corrected chi connectivity index (χ2v) is 6.29. The van der Waals surface area contributed by atoms with Crippen LogP contribution in [0.25, 0.3) is 11.0 Å². The molecule has 0 unspecified atom stereocenters. The molecule has 0 atom stereocenters. The van der Waals surface area contributed by atoms with Crippen molar-refractivity contribution in [3.8, 4) is 0 Å². The smallest absolute Gasteiger partial charge is 0.166 e. The molecular formula is C14H7Cl3OS. The molecule has 1 heterocycles. The van der Waals surface area contributed by atoms with Crippen molar-refractivity contribution in [3.05, 3.63) is 57.5 Å². The highest BCUT2D eigenvalue weighted by Crippen LogP contribution is 2.37. The third-order valence-corrected chi connectivity index (χ3v) is 4.21. The molecule has 0 fully saturated rings. The molecule has 19 heavy (non-hydrogen) atoms. The van der Waals surface area contributed by atoms with Crippen LogP contribution in [-0.4, -0.2) is 0 Å². The molecule has 0 aliphatic heterocycles. The maximum atomic E-state index is 6.09. The summed E-state index contributed by atoms with van der Waals surface area (Å²) in [5.74, 6) is 0. The van der Waals surface area contributed by atoms with Crippen LogP contribution in [0.5, 0.6) is 0 Å². The van der Waals surface area contributed by atoms with Crippen LogP contribution in [0.15, 0.2) is 56.9 Å². The highest BCUT2D eigenvalue weighted by molar-refractivity contribution is 7.99. The fourth-order valence-corrected chi connectivity index (χ4v) is 3.21. The van der Waals surface area contributed by atoms with Crippen LogP contribution >= 0.6 is 46.6 Å². The van der Waals surface area contributed by atoms with Gasteiger partial charge >= 0.3 is 0 Å². The predicted octanol–water partition coefficient (Wildman–Crippen LogP) is 6.54. The Hall–Kier alpha value is -0.800. The zero-order chi connectivity index (χ0) is 13.4. The van der Waals surface area contributed by atoms with Crippen molar-refractivity contribution < 1.29 is 4.42 Å². The van der Waals surface area contributed by atoms with Crippen LogP contribution in [0.2, 0.25) is 15.1 Å². The van der Waals surface area contributed by atoms with Crippen LogP contribution in [-0.2, 0) is 0 Å². The van der Waals surface area contributed by atoms with E-state index in [1.165, 1.54) is 11.8 Å². The summed E-state index contributed by atoms with van der Waals surface area (Å²) in [6, 6.07) is 13.0. The van der Waals surface area contributed by atoms with Gasteiger partial charge in [0.25, 0.3) is 0 Å². The number of hydrogen-bond donors (Lipinski definition) is 0. The van der Waals surface area contributed by atoms with E-state index in [2.05, 4.69) is 0 Å². The third kappa shape index (κ3) is 2.87. The molecule has 0 saturated carbocycles. The summed E-state index contributed by atoms with van der Waals surface area (Å²) < 4.78 is 5.73. The van der Waals surface area contributed by atoms with Crippen molar-refractivity contribution in [2.24, 2.45) is 0 Å². The van der Waals surface area contributed by atoms with Gasteiger partial charge in [-0.15, -0.1) is 0 Å². The van der Waals surface area contributed by atoms with Crippen LogP contribution in [0, 0.1) is 0 Å². The van der Waals surface area contributed by atoms with Crippen LogP contribution < -0.4 is 0 Å². The Kier molecular flexibility index (Phi) is 3.68. The fraction of sp³-hybridized carbons (Fsp3) is 0. The maximum Gasteiger partial charge on any atom is 0.166 e. The summed E-state index contributed by atoms with van der Waals surface area (Å²) >= 11 is 19.4. The zero-order valence-electron chi connectivity index (χ0n) is 9.49. The molecule has 0 N–H and O–H groups in total. The highest BCUT2D eigenvalue weighted by atomic mass is 35.5. The fourth-order valence-electron chi connectivity index (χ4n) is 1.72. The summed E-state index contributed by atoms with van der Waals surface area (Å²) in [5.41, 5.74) is 0.655. The van der Waals surface area contributed by atoms with Crippen molar-refractivity contribution >= 4 is 57.5 Å². The maximum absolute atomic E-state index is 6.09. The minimum absolute atomic E-state index is 0.519. The van der Waals surface area contributed by atoms with Gasteiger partial charge in [-0.3, -0.25) is 0 Å². The van der Waals surface area contributed by atoms with Crippen LogP contribution in [0.1, 0.15) is 0 Å². The Labute approximate surface area is 129 Å². The molecule has 1 aromatic heterocycles. The summed E-state index contributed by atoms with van der Waals surface area (Å²) in [4.78, 5) is 1.05. The first-order chi connectivity index (χ1) is 9.11. The third-order valence-electron chi connectivity index (χ3n) is 2.55. The van der Waals surface area contributed by atoms with E-state index in [9.17, 15) is 0 Å². The minimum atomic E-state index is 0.519. The average Bonchev–Trinajstić information content (AvgIpc) is 2.75. The molecule has 0 amide bonds. The van der Waals surface area contributed by atoms with Gasteiger partial charge in [-0.1, -0.05) is 46.6 Å². The van der Waals surface area contributed by atoms with Gasteiger partial charge in [0.05, 0.1) is 5.02 Å². The van der Waals surface area contributed by atoms with Gasteiger partial charge in [0, 0.05) is 20.3 Å². The van der Waals surface area contributed by atoms with E-state index in [1.54, 1.807) is 6.07 Å². The average molecular weight is 330 g/mol. The standard InChI is InChI=1S/C14H7Cl3OS/c15-9-1-3-11(4-2-9)19-13-6-8-5-10(16)7-12(17)14(8)18-13/h1-7H. The van der Waals surface area contributed by atoms with E-state index in [-0.39, 0.29) is 0 Å². The SMILES string of the molecule is Clc1ccc(Sc2cc3cc(Cl)cc(Cl)c3o2)cc1. The van der Waals surface area contributed by atoms with Gasteiger partial charge in [0.1, 0.15) is 0 Å². The van der Waals surface area contributed by atoms with Gasteiger partial charge in [0.2, 0.25) is 0 Å². The van der Waals surface area contributed by atoms with E-state index in [4.69, 9.17) is 39.2 Å². The lowest BCUT2D eigenvalue weighted by Gasteiger charge is -1.97. The molecule has 3 aromatic rings. The van der Waals surface area contributed by atoms with E-state index in [0.717, 1.165) is 15.4 Å². The molecule has 0 radical (unpaired) electrons. The molecule has 5 heteroatoms. The number of rotatable bonds is 2. The highest BCUT2D eigenvalue weighted by Gasteiger charge is 2.10.